The van der Waals surface area contributed by atoms with Crippen molar-refractivity contribution in [1.82, 2.24) is 10.2 Å². The highest BCUT2D eigenvalue weighted by Gasteiger charge is 2.37. The van der Waals surface area contributed by atoms with Crippen LogP contribution in [-0.4, -0.2) is 56.4 Å². The third-order valence-corrected chi connectivity index (χ3v) is 8.26. The van der Waals surface area contributed by atoms with E-state index in [2.05, 4.69) is 12.2 Å². The van der Waals surface area contributed by atoms with E-state index in [9.17, 15) is 17.6 Å². The zero-order valence-electron chi connectivity index (χ0n) is 17.3. The lowest BCUT2D eigenvalue weighted by atomic mass is 9.79. The quantitative estimate of drug-likeness (QED) is 0.662. The number of sulfone groups is 1. The molecule has 2 aliphatic rings. The van der Waals surface area contributed by atoms with Gasteiger partial charge >= 0.3 is 0 Å². The summed E-state index contributed by atoms with van der Waals surface area (Å²) in [6.07, 6.45) is 6.75. The minimum Gasteiger partial charge on any atom is -0.354 e. The van der Waals surface area contributed by atoms with Crippen LogP contribution in [0.25, 0.3) is 0 Å². The maximum absolute atomic E-state index is 13.3. The smallest absolute Gasteiger partial charge is 0.234 e. The Hall–Kier alpha value is -1.47. The number of carbonyl (C=O) groups is 1. The summed E-state index contributed by atoms with van der Waals surface area (Å²) in [6, 6.07) is 6.59. The Labute approximate surface area is 174 Å². The number of benzene rings is 1. The van der Waals surface area contributed by atoms with Crippen LogP contribution >= 0.6 is 0 Å². The Morgan fingerprint density at radius 3 is 2.52 bits per heavy atom. The molecule has 29 heavy (non-hydrogen) atoms. The van der Waals surface area contributed by atoms with Crippen LogP contribution in [0.5, 0.6) is 0 Å². The molecular weight excluding hydrogens is 391 g/mol. The minimum absolute atomic E-state index is 0.0567. The summed E-state index contributed by atoms with van der Waals surface area (Å²) >= 11 is 0. The number of nitrogens with one attached hydrogen (secondary N) is 1. The van der Waals surface area contributed by atoms with E-state index in [1.54, 1.807) is 0 Å². The SMILES string of the molecule is CCCCN(CC(=O)NCC1(c2ccc(F)cc2)CCCC1)C1CCS(=O)(=O)C1. The monoisotopic (exact) mass is 424 g/mol. The van der Waals surface area contributed by atoms with Gasteiger partial charge in [0.2, 0.25) is 5.91 Å². The summed E-state index contributed by atoms with van der Waals surface area (Å²) in [5.74, 6) is 0.0711. The lowest BCUT2D eigenvalue weighted by molar-refractivity contribution is -0.123. The van der Waals surface area contributed by atoms with Gasteiger partial charge in [-0.25, -0.2) is 12.8 Å². The number of carbonyl (C=O) groups excluding carboxylic acids is 1. The third-order valence-electron chi connectivity index (χ3n) is 6.51. The van der Waals surface area contributed by atoms with Crippen LogP contribution in [0, 0.1) is 5.82 Å². The van der Waals surface area contributed by atoms with Crippen LogP contribution in [0.15, 0.2) is 24.3 Å². The topological polar surface area (TPSA) is 66.5 Å². The second kappa shape index (κ2) is 9.56. The molecule has 0 bridgehead atoms. The van der Waals surface area contributed by atoms with Gasteiger partial charge in [-0.2, -0.15) is 0 Å². The normalized spacial score (nSPS) is 22.8. The van der Waals surface area contributed by atoms with E-state index >= 15 is 0 Å². The molecule has 1 atom stereocenters. The first kappa shape index (κ1) is 22.2. The number of amides is 1. The van der Waals surface area contributed by atoms with Crippen molar-refractivity contribution >= 4 is 15.7 Å². The van der Waals surface area contributed by atoms with Crippen LogP contribution in [-0.2, 0) is 20.0 Å². The van der Waals surface area contributed by atoms with Crippen molar-refractivity contribution in [3.05, 3.63) is 35.6 Å². The van der Waals surface area contributed by atoms with Gasteiger partial charge in [-0.3, -0.25) is 9.69 Å². The molecule has 1 amide bonds. The molecule has 0 aromatic heterocycles. The highest BCUT2D eigenvalue weighted by molar-refractivity contribution is 7.91. The first-order valence-electron chi connectivity index (χ1n) is 10.8. The first-order chi connectivity index (χ1) is 13.8. The maximum atomic E-state index is 13.3. The molecule has 2 fully saturated rings. The summed E-state index contributed by atoms with van der Waals surface area (Å²) < 4.78 is 37.1. The van der Waals surface area contributed by atoms with Gasteiger partial charge in [-0.05, 0) is 49.9 Å². The van der Waals surface area contributed by atoms with Crippen LogP contribution < -0.4 is 5.32 Å². The van der Waals surface area contributed by atoms with Crippen molar-refractivity contribution in [3.63, 3.8) is 0 Å². The second-order valence-electron chi connectivity index (χ2n) is 8.65. The first-order valence-corrected chi connectivity index (χ1v) is 12.6. The van der Waals surface area contributed by atoms with Gasteiger partial charge in [0.05, 0.1) is 18.1 Å². The third kappa shape index (κ3) is 5.79. The molecular formula is C22H33FN2O3S. The van der Waals surface area contributed by atoms with Crippen molar-refractivity contribution in [1.29, 1.82) is 0 Å². The lowest BCUT2D eigenvalue weighted by Crippen LogP contribution is -2.47. The number of hydrogen-bond acceptors (Lipinski definition) is 4. The molecule has 1 heterocycles. The lowest BCUT2D eigenvalue weighted by Gasteiger charge is -2.31. The number of rotatable bonds is 9. The van der Waals surface area contributed by atoms with Crippen LogP contribution in [0.3, 0.4) is 0 Å². The fourth-order valence-electron chi connectivity index (χ4n) is 4.75. The molecule has 3 rings (SSSR count). The Morgan fingerprint density at radius 2 is 1.93 bits per heavy atom. The molecule has 1 aromatic carbocycles. The molecule has 1 saturated heterocycles. The second-order valence-corrected chi connectivity index (χ2v) is 10.9. The summed E-state index contributed by atoms with van der Waals surface area (Å²) in [5, 5.41) is 3.11. The molecule has 1 unspecified atom stereocenters. The largest absolute Gasteiger partial charge is 0.354 e. The molecule has 1 aromatic rings. The van der Waals surface area contributed by atoms with Crippen molar-refractivity contribution in [2.75, 3.05) is 31.1 Å². The Morgan fingerprint density at radius 1 is 1.24 bits per heavy atom. The van der Waals surface area contributed by atoms with Gasteiger partial charge in [0, 0.05) is 18.0 Å². The van der Waals surface area contributed by atoms with E-state index in [1.807, 2.05) is 17.0 Å². The molecule has 1 saturated carbocycles. The highest BCUT2D eigenvalue weighted by atomic mass is 32.2. The predicted molar refractivity (Wildman–Crippen MR) is 113 cm³/mol. The summed E-state index contributed by atoms with van der Waals surface area (Å²) in [5.41, 5.74) is 0.954. The van der Waals surface area contributed by atoms with Crippen molar-refractivity contribution < 1.29 is 17.6 Å². The highest BCUT2D eigenvalue weighted by Crippen LogP contribution is 2.40. The Kier molecular flexibility index (Phi) is 7.32. The zero-order valence-corrected chi connectivity index (χ0v) is 18.1. The van der Waals surface area contributed by atoms with E-state index in [0.717, 1.165) is 50.6 Å². The molecule has 0 spiro atoms. The molecule has 0 radical (unpaired) electrons. The van der Waals surface area contributed by atoms with Crippen molar-refractivity contribution in [2.24, 2.45) is 0 Å². The van der Waals surface area contributed by atoms with Crippen LogP contribution in [0.1, 0.15) is 57.4 Å². The van der Waals surface area contributed by atoms with Crippen molar-refractivity contribution in [2.45, 2.75) is 63.3 Å². The number of unbranched alkanes of at least 4 members (excludes halogenated alkanes) is 1. The Balaban J connectivity index is 1.62. The molecule has 1 aliphatic carbocycles. The average molecular weight is 425 g/mol. The molecule has 5 nitrogen and oxygen atoms in total. The van der Waals surface area contributed by atoms with Gasteiger partial charge < -0.3 is 5.32 Å². The van der Waals surface area contributed by atoms with E-state index in [4.69, 9.17) is 0 Å². The van der Waals surface area contributed by atoms with Crippen LogP contribution in [0.2, 0.25) is 0 Å². The minimum atomic E-state index is -2.98. The number of nitrogens with zero attached hydrogens (tertiary/aromatic N) is 1. The van der Waals surface area contributed by atoms with Gasteiger partial charge in [0.15, 0.2) is 9.84 Å². The fourth-order valence-corrected chi connectivity index (χ4v) is 6.51. The number of hydrogen-bond donors (Lipinski definition) is 1. The maximum Gasteiger partial charge on any atom is 0.234 e. The van der Waals surface area contributed by atoms with Gasteiger partial charge in [0.1, 0.15) is 5.82 Å². The summed E-state index contributed by atoms with van der Waals surface area (Å²) in [6.45, 7) is 3.62. The molecule has 7 heteroatoms. The molecule has 1 aliphatic heterocycles. The molecule has 162 valence electrons. The van der Waals surface area contributed by atoms with E-state index in [0.29, 0.717) is 13.0 Å². The summed E-state index contributed by atoms with van der Waals surface area (Å²) in [4.78, 5) is 14.8. The van der Waals surface area contributed by atoms with E-state index < -0.39 is 9.84 Å². The van der Waals surface area contributed by atoms with Crippen molar-refractivity contribution in [3.8, 4) is 0 Å². The average Bonchev–Trinajstić information content (AvgIpc) is 3.31. The van der Waals surface area contributed by atoms with Crippen LogP contribution in [0.4, 0.5) is 4.39 Å². The van der Waals surface area contributed by atoms with E-state index in [1.165, 1.54) is 12.1 Å². The van der Waals surface area contributed by atoms with E-state index in [-0.39, 0.29) is 41.2 Å². The summed E-state index contributed by atoms with van der Waals surface area (Å²) in [7, 11) is -2.98. The zero-order chi connectivity index (χ0) is 20.9. The number of halogens is 1. The van der Waals surface area contributed by atoms with Gasteiger partial charge in [-0.15, -0.1) is 0 Å². The van der Waals surface area contributed by atoms with Gasteiger partial charge in [-0.1, -0.05) is 38.3 Å². The standard InChI is InChI=1S/C22H33FN2O3S/c1-2-3-13-25(20-10-14-29(27,28)16-20)15-21(26)24-17-22(11-4-5-12-22)18-6-8-19(23)9-7-18/h6-9,20H,2-5,10-17H2,1H3,(H,24,26). The van der Waals surface area contributed by atoms with Gasteiger partial charge in [0.25, 0.3) is 0 Å². The molecule has 1 N–H and O–H groups in total. The predicted octanol–water partition coefficient (Wildman–Crippen LogP) is 3.04. The fraction of sp³-hybridized carbons (Fsp3) is 0.682. The Bertz CT molecular complexity index is 789.